The lowest BCUT2D eigenvalue weighted by Crippen LogP contribution is -2.14. The van der Waals surface area contributed by atoms with Crippen LogP contribution in [0.2, 0.25) is 0 Å². The molecule has 92 valence electrons. The molecule has 0 bridgehead atoms. The molecule has 0 atom stereocenters. The molecule has 0 fully saturated rings. The zero-order chi connectivity index (χ0) is 12.8. The Morgan fingerprint density at radius 3 is 2.94 bits per heavy atom. The topological polar surface area (TPSA) is 110 Å². The zero-order valence-corrected chi connectivity index (χ0v) is 9.69. The molecule has 7 nitrogen and oxygen atoms in total. The second kappa shape index (κ2) is 5.78. The standard InChI is InChI=1S/C10H14N4O3/c1-3-7(11)13-10-12-6(4-8(15)14-10)5-9(16)17-2/h4H,3,5H2,1-2H3,(H3,11,12,13,14,15). The maximum absolute atomic E-state index is 11.3. The number of hydrogen-bond acceptors (Lipinski definition) is 5. The summed E-state index contributed by atoms with van der Waals surface area (Å²) in [7, 11) is 1.27. The van der Waals surface area contributed by atoms with Gasteiger partial charge in [-0.15, -0.1) is 0 Å². The second-order valence-electron chi connectivity index (χ2n) is 3.28. The molecule has 0 aliphatic rings. The highest BCUT2D eigenvalue weighted by Gasteiger charge is 2.06. The van der Waals surface area contributed by atoms with Gasteiger partial charge in [0.15, 0.2) is 0 Å². The summed E-state index contributed by atoms with van der Waals surface area (Å²) in [6, 6.07) is 1.22. The van der Waals surface area contributed by atoms with E-state index in [0.29, 0.717) is 18.0 Å². The van der Waals surface area contributed by atoms with Crippen molar-refractivity contribution in [3.8, 4) is 0 Å². The Morgan fingerprint density at radius 1 is 1.65 bits per heavy atom. The highest BCUT2D eigenvalue weighted by molar-refractivity contribution is 5.81. The van der Waals surface area contributed by atoms with Crippen molar-refractivity contribution in [2.75, 3.05) is 7.11 Å². The van der Waals surface area contributed by atoms with Crippen molar-refractivity contribution in [1.82, 2.24) is 9.97 Å². The average Bonchev–Trinajstić information content (AvgIpc) is 2.27. The third-order valence-electron chi connectivity index (χ3n) is 1.96. The first-order valence-corrected chi connectivity index (χ1v) is 5.05. The summed E-state index contributed by atoms with van der Waals surface area (Å²) in [5, 5.41) is 0. The number of nitrogens with two attached hydrogens (primary N) is 1. The van der Waals surface area contributed by atoms with E-state index in [1.165, 1.54) is 13.2 Å². The molecule has 0 aromatic carbocycles. The van der Waals surface area contributed by atoms with Gasteiger partial charge in [-0.3, -0.25) is 9.59 Å². The first kappa shape index (κ1) is 12.9. The molecule has 0 spiro atoms. The van der Waals surface area contributed by atoms with E-state index in [1.54, 1.807) is 0 Å². The summed E-state index contributed by atoms with van der Waals surface area (Å²) in [5.41, 5.74) is 5.44. The second-order valence-corrected chi connectivity index (χ2v) is 3.28. The van der Waals surface area contributed by atoms with Crippen LogP contribution in [0.5, 0.6) is 0 Å². The van der Waals surface area contributed by atoms with Gasteiger partial charge < -0.3 is 15.5 Å². The summed E-state index contributed by atoms with van der Waals surface area (Å²) < 4.78 is 4.49. The highest BCUT2D eigenvalue weighted by Crippen LogP contribution is 2.03. The average molecular weight is 238 g/mol. The number of aromatic nitrogens is 2. The SMILES string of the molecule is CC/C(N)=N/c1nc(=O)cc(CC(=O)OC)[nH]1. The molecular formula is C10H14N4O3. The van der Waals surface area contributed by atoms with Gasteiger partial charge in [-0.25, -0.2) is 4.99 Å². The number of nitrogens with zero attached hydrogens (tertiary/aromatic N) is 2. The first-order chi connectivity index (χ1) is 8.05. The monoisotopic (exact) mass is 238 g/mol. The van der Waals surface area contributed by atoms with Gasteiger partial charge in [0.2, 0.25) is 5.95 Å². The van der Waals surface area contributed by atoms with Crippen molar-refractivity contribution in [3.63, 3.8) is 0 Å². The molecule has 3 N–H and O–H groups in total. The number of carbonyl (C=O) groups is 1. The minimum absolute atomic E-state index is 0.0389. The number of carbonyl (C=O) groups excluding carboxylic acids is 1. The predicted molar refractivity (Wildman–Crippen MR) is 62.2 cm³/mol. The van der Waals surface area contributed by atoms with E-state index in [4.69, 9.17) is 5.73 Å². The number of methoxy groups -OCH3 is 1. The molecule has 1 rings (SSSR count). The lowest BCUT2D eigenvalue weighted by Gasteiger charge is -2.01. The Balaban J connectivity index is 3.02. The third-order valence-corrected chi connectivity index (χ3v) is 1.96. The van der Waals surface area contributed by atoms with Crippen LogP contribution < -0.4 is 11.3 Å². The van der Waals surface area contributed by atoms with E-state index in [1.807, 2.05) is 6.92 Å². The fourth-order valence-corrected chi connectivity index (χ4v) is 1.08. The van der Waals surface area contributed by atoms with Crippen molar-refractivity contribution in [2.24, 2.45) is 10.7 Å². The largest absolute Gasteiger partial charge is 0.469 e. The third kappa shape index (κ3) is 4.06. The van der Waals surface area contributed by atoms with Crippen molar-refractivity contribution in [3.05, 3.63) is 22.1 Å². The lowest BCUT2D eigenvalue weighted by atomic mass is 10.3. The number of amidine groups is 1. The number of esters is 1. The quantitative estimate of drug-likeness (QED) is 0.431. The summed E-state index contributed by atoms with van der Waals surface area (Å²) in [6.45, 7) is 1.83. The minimum Gasteiger partial charge on any atom is -0.469 e. The molecule has 0 saturated heterocycles. The van der Waals surface area contributed by atoms with Crippen LogP contribution in [-0.4, -0.2) is 28.9 Å². The van der Waals surface area contributed by atoms with Gasteiger partial charge >= 0.3 is 5.97 Å². The minimum atomic E-state index is -0.481. The highest BCUT2D eigenvalue weighted by atomic mass is 16.5. The maximum Gasteiger partial charge on any atom is 0.311 e. The summed E-state index contributed by atoms with van der Waals surface area (Å²) in [4.78, 5) is 32.6. The fraction of sp³-hybridized carbons (Fsp3) is 0.400. The molecule has 0 aliphatic heterocycles. The summed E-state index contributed by atoms with van der Waals surface area (Å²) in [5.74, 6) is -0.00985. The molecule has 0 saturated carbocycles. The molecule has 0 aliphatic carbocycles. The van der Waals surface area contributed by atoms with Gasteiger partial charge in [-0.2, -0.15) is 4.98 Å². The van der Waals surface area contributed by atoms with Gasteiger partial charge in [0.05, 0.1) is 13.5 Å². The lowest BCUT2D eigenvalue weighted by molar-refractivity contribution is -0.139. The van der Waals surface area contributed by atoms with Crippen molar-refractivity contribution in [2.45, 2.75) is 19.8 Å². The van der Waals surface area contributed by atoms with E-state index in [0.717, 1.165) is 0 Å². The molecule has 1 aromatic heterocycles. The van der Waals surface area contributed by atoms with E-state index in [-0.39, 0.29) is 12.4 Å². The van der Waals surface area contributed by atoms with Gasteiger partial charge in [0.1, 0.15) is 5.84 Å². The van der Waals surface area contributed by atoms with E-state index >= 15 is 0 Å². The number of aliphatic imine (C=N–C) groups is 1. The molecular weight excluding hydrogens is 224 g/mol. The van der Waals surface area contributed by atoms with Crippen LogP contribution in [-0.2, 0) is 16.0 Å². The Hall–Kier alpha value is -2.18. The molecule has 1 heterocycles. The van der Waals surface area contributed by atoms with Crippen molar-refractivity contribution >= 4 is 17.8 Å². The molecule has 0 unspecified atom stereocenters. The first-order valence-electron chi connectivity index (χ1n) is 5.05. The number of aromatic amines is 1. The van der Waals surface area contributed by atoms with E-state index in [2.05, 4.69) is 19.7 Å². The smallest absolute Gasteiger partial charge is 0.311 e. The number of H-pyrrole nitrogens is 1. The summed E-state index contributed by atoms with van der Waals surface area (Å²) in [6.07, 6.45) is 0.508. The molecule has 7 heteroatoms. The number of rotatable bonds is 4. The molecule has 1 aromatic rings. The van der Waals surface area contributed by atoms with Gasteiger partial charge in [-0.1, -0.05) is 6.92 Å². The van der Waals surface area contributed by atoms with Crippen LogP contribution in [0.4, 0.5) is 5.95 Å². The summed E-state index contributed by atoms with van der Waals surface area (Å²) >= 11 is 0. The number of hydrogen-bond donors (Lipinski definition) is 2. The van der Waals surface area contributed by atoms with E-state index in [9.17, 15) is 9.59 Å². The zero-order valence-electron chi connectivity index (χ0n) is 9.69. The van der Waals surface area contributed by atoms with Crippen LogP contribution in [0.25, 0.3) is 0 Å². The number of nitrogens with one attached hydrogen (secondary N) is 1. The van der Waals surface area contributed by atoms with Crippen molar-refractivity contribution < 1.29 is 9.53 Å². The molecule has 0 amide bonds. The Kier molecular flexibility index (Phi) is 4.38. The van der Waals surface area contributed by atoms with E-state index < -0.39 is 11.5 Å². The van der Waals surface area contributed by atoms with Gasteiger partial charge in [0.25, 0.3) is 5.56 Å². The normalized spacial score (nSPS) is 11.3. The molecule has 17 heavy (non-hydrogen) atoms. The Bertz CT molecular complexity index is 493. The van der Waals surface area contributed by atoms with Crippen LogP contribution in [0.15, 0.2) is 15.9 Å². The van der Waals surface area contributed by atoms with Crippen LogP contribution in [0.1, 0.15) is 19.0 Å². The number of ether oxygens (including phenoxy) is 1. The maximum atomic E-state index is 11.3. The van der Waals surface area contributed by atoms with Crippen LogP contribution >= 0.6 is 0 Å². The predicted octanol–water partition coefficient (Wildman–Crippen LogP) is -0.116. The van der Waals surface area contributed by atoms with Gasteiger partial charge in [-0.05, 0) is 0 Å². The van der Waals surface area contributed by atoms with Gasteiger partial charge in [0, 0.05) is 18.2 Å². The van der Waals surface area contributed by atoms with Crippen LogP contribution in [0, 0.1) is 0 Å². The Labute approximate surface area is 97.7 Å². The van der Waals surface area contributed by atoms with Crippen molar-refractivity contribution in [1.29, 1.82) is 0 Å². The van der Waals surface area contributed by atoms with Crippen LogP contribution in [0.3, 0.4) is 0 Å². The molecule has 0 radical (unpaired) electrons. The Morgan fingerprint density at radius 2 is 2.35 bits per heavy atom. The fourth-order valence-electron chi connectivity index (χ4n) is 1.08.